The van der Waals surface area contributed by atoms with Gasteiger partial charge in [-0.2, -0.15) is 4.98 Å². The van der Waals surface area contributed by atoms with Crippen molar-refractivity contribution < 1.29 is 14.4 Å². The van der Waals surface area contributed by atoms with E-state index in [-0.39, 0.29) is 6.10 Å². The number of nitrogens with zero attached hydrogens (tertiary/aromatic N) is 2. The molecular weight excluding hydrogens is 208 g/mol. The van der Waals surface area contributed by atoms with Gasteiger partial charge in [0.15, 0.2) is 5.82 Å². The SMILES string of the molecule is CC1CC(O)(Cc2nc(C3CC3)no2)CO1. The maximum atomic E-state index is 10.2. The van der Waals surface area contributed by atoms with Crippen molar-refractivity contribution in [3.63, 3.8) is 0 Å². The lowest BCUT2D eigenvalue weighted by atomic mass is 9.97. The molecule has 1 aromatic heterocycles. The third-order valence-corrected chi connectivity index (χ3v) is 3.21. The van der Waals surface area contributed by atoms with Crippen LogP contribution in [0.15, 0.2) is 4.52 Å². The Hall–Kier alpha value is -0.940. The van der Waals surface area contributed by atoms with Gasteiger partial charge in [-0.05, 0) is 19.8 Å². The molecule has 0 aromatic carbocycles. The van der Waals surface area contributed by atoms with Crippen LogP contribution < -0.4 is 0 Å². The van der Waals surface area contributed by atoms with E-state index in [0.717, 1.165) is 18.7 Å². The van der Waals surface area contributed by atoms with Crippen molar-refractivity contribution >= 4 is 0 Å². The van der Waals surface area contributed by atoms with Crippen LogP contribution in [0.2, 0.25) is 0 Å². The van der Waals surface area contributed by atoms with Crippen molar-refractivity contribution in [2.45, 2.75) is 50.2 Å². The van der Waals surface area contributed by atoms with E-state index < -0.39 is 5.60 Å². The highest BCUT2D eigenvalue weighted by Crippen LogP contribution is 2.38. The molecule has 5 nitrogen and oxygen atoms in total. The number of ether oxygens (including phenoxy) is 1. The van der Waals surface area contributed by atoms with Crippen molar-refractivity contribution in [1.82, 2.24) is 10.1 Å². The number of hydrogen-bond donors (Lipinski definition) is 1. The zero-order chi connectivity index (χ0) is 11.2. The van der Waals surface area contributed by atoms with Crippen LogP contribution in [0.4, 0.5) is 0 Å². The van der Waals surface area contributed by atoms with Crippen molar-refractivity contribution in [2.75, 3.05) is 6.61 Å². The van der Waals surface area contributed by atoms with Crippen LogP contribution in [0.5, 0.6) is 0 Å². The molecule has 1 aromatic rings. The molecule has 88 valence electrons. The molecule has 0 spiro atoms. The zero-order valence-corrected chi connectivity index (χ0v) is 9.35. The van der Waals surface area contributed by atoms with Gasteiger partial charge < -0.3 is 14.4 Å². The van der Waals surface area contributed by atoms with Crippen LogP contribution in [0.1, 0.15) is 43.8 Å². The number of hydrogen-bond acceptors (Lipinski definition) is 5. The van der Waals surface area contributed by atoms with Crippen molar-refractivity contribution in [2.24, 2.45) is 0 Å². The van der Waals surface area contributed by atoms with E-state index in [9.17, 15) is 5.11 Å². The summed E-state index contributed by atoms with van der Waals surface area (Å²) in [7, 11) is 0. The summed E-state index contributed by atoms with van der Waals surface area (Å²) in [5.74, 6) is 1.82. The molecule has 1 saturated heterocycles. The van der Waals surface area contributed by atoms with Crippen LogP contribution in [0.25, 0.3) is 0 Å². The second-order valence-corrected chi connectivity index (χ2v) is 5.05. The summed E-state index contributed by atoms with van der Waals surface area (Å²) < 4.78 is 10.5. The van der Waals surface area contributed by atoms with Crippen LogP contribution in [-0.2, 0) is 11.2 Å². The molecule has 3 rings (SSSR count). The van der Waals surface area contributed by atoms with Crippen LogP contribution >= 0.6 is 0 Å². The summed E-state index contributed by atoms with van der Waals surface area (Å²) in [6.45, 7) is 2.32. The summed E-state index contributed by atoms with van der Waals surface area (Å²) in [6, 6.07) is 0. The first kappa shape index (κ1) is 10.2. The average molecular weight is 224 g/mol. The summed E-state index contributed by atoms with van der Waals surface area (Å²) in [6.07, 6.45) is 3.45. The molecule has 2 fully saturated rings. The molecule has 0 bridgehead atoms. The van der Waals surface area contributed by atoms with Gasteiger partial charge in [0, 0.05) is 12.3 Å². The molecule has 1 N–H and O–H groups in total. The predicted molar refractivity (Wildman–Crippen MR) is 55.0 cm³/mol. The topological polar surface area (TPSA) is 68.4 Å². The van der Waals surface area contributed by atoms with Gasteiger partial charge in [-0.25, -0.2) is 0 Å². The molecule has 16 heavy (non-hydrogen) atoms. The Balaban J connectivity index is 1.68. The number of aromatic nitrogens is 2. The van der Waals surface area contributed by atoms with E-state index in [4.69, 9.17) is 9.26 Å². The minimum atomic E-state index is -0.827. The maximum Gasteiger partial charge on any atom is 0.229 e. The van der Waals surface area contributed by atoms with E-state index in [2.05, 4.69) is 10.1 Å². The van der Waals surface area contributed by atoms with Gasteiger partial charge in [0.1, 0.15) is 0 Å². The first-order valence-corrected chi connectivity index (χ1v) is 5.81. The lowest BCUT2D eigenvalue weighted by molar-refractivity contribution is 0.0173. The van der Waals surface area contributed by atoms with Gasteiger partial charge in [0.05, 0.1) is 24.7 Å². The van der Waals surface area contributed by atoms with Gasteiger partial charge in [0.2, 0.25) is 5.89 Å². The molecule has 1 saturated carbocycles. The molecule has 1 aliphatic heterocycles. The number of aliphatic hydroxyl groups is 1. The van der Waals surface area contributed by atoms with E-state index in [1.807, 2.05) is 6.92 Å². The van der Waals surface area contributed by atoms with Crippen LogP contribution in [0.3, 0.4) is 0 Å². The Labute approximate surface area is 93.8 Å². The zero-order valence-electron chi connectivity index (χ0n) is 9.35. The maximum absolute atomic E-state index is 10.2. The molecule has 0 amide bonds. The van der Waals surface area contributed by atoms with Crippen molar-refractivity contribution in [1.29, 1.82) is 0 Å². The predicted octanol–water partition coefficient (Wildman–Crippen LogP) is 1.03. The quantitative estimate of drug-likeness (QED) is 0.830. The molecule has 0 radical (unpaired) electrons. The molecule has 2 unspecified atom stereocenters. The molecule has 5 heteroatoms. The molecule has 2 aliphatic rings. The molecule has 1 aliphatic carbocycles. The Morgan fingerprint density at radius 2 is 2.31 bits per heavy atom. The molecular formula is C11H16N2O3. The highest BCUT2D eigenvalue weighted by Gasteiger charge is 2.38. The van der Waals surface area contributed by atoms with E-state index >= 15 is 0 Å². The first-order valence-electron chi connectivity index (χ1n) is 5.81. The van der Waals surface area contributed by atoms with Crippen molar-refractivity contribution in [3.8, 4) is 0 Å². The van der Waals surface area contributed by atoms with Gasteiger partial charge in [0.25, 0.3) is 0 Å². The smallest absolute Gasteiger partial charge is 0.229 e. The minimum Gasteiger partial charge on any atom is -0.387 e. The van der Waals surface area contributed by atoms with Crippen LogP contribution in [0, 0.1) is 0 Å². The van der Waals surface area contributed by atoms with Gasteiger partial charge in [-0.15, -0.1) is 0 Å². The van der Waals surface area contributed by atoms with E-state index in [1.165, 1.54) is 0 Å². The Morgan fingerprint density at radius 3 is 2.94 bits per heavy atom. The highest BCUT2D eigenvalue weighted by molar-refractivity contribution is 5.05. The van der Waals surface area contributed by atoms with Gasteiger partial charge >= 0.3 is 0 Å². The number of rotatable bonds is 3. The van der Waals surface area contributed by atoms with Crippen LogP contribution in [-0.4, -0.2) is 33.6 Å². The average Bonchev–Trinajstić information content (AvgIpc) is 2.89. The second-order valence-electron chi connectivity index (χ2n) is 5.05. The Morgan fingerprint density at radius 1 is 1.50 bits per heavy atom. The standard InChI is InChI=1S/C11H16N2O3/c1-7-4-11(14,6-15-7)5-9-12-10(13-16-9)8-2-3-8/h7-8,14H,2-6H2,1H3. The second kappa shape index (κ2) is 3.53. The summed E-state index contributed by atoms with van der Waals surface area (Å²) in [5, 5.41) is 14.2. The third kappa shape index (κ3) is 1.97. The first-order chi connectivity index (χ1) is 7.65. The lowest BCUT2D eigenvalue weighted by Crippen LogP contribution is -2.32. The largest absolute Gasteiger partial charge is 0.387 e. The molecule has 2 atom stereocenters. The Bertz CT molecular complexity index is 388. The van der Waals surface area contributed by atoms with E-state index in [0.29, 0.717) is 31.3 Å². The fraction of sp³-hybridized carbons (Fsp3) is 0.818. The summed E-state index contributed by atoms with van der Waals surface area (Å²) in [4.78, 5) is 4.31. The van der Waals surface area contributed by atoms with Crippen molar-refractivity contribution in [3.05, 3.63) is 11.7 Å². The Kier molecular flexibility index (Phi) is 2.26. The van der Waals surface area contributed by atoms with Gasteiger partial charge in [-0.1, -0.05) is 5.16 Å². The summed E-state index contributed by atoms with van der Waals surface area (Å²) >= 11 is 0. The fourth-order valence-corrected chi connectivity index (χ4v) is 2.20. The summed E-state index contributed by atoms with van der Waals surface area (Å²) in [5.41, 5.74) is -0.827. The highest BCUT2D eigenvalue weighted by atomic mass is 16.5. The molecule has 2 heterocycles. The third-order valence-electron chi connectivity index (χ3n) is 3.21. The normalized spacial score (nSPS) is 34.5. The van der Waals surface area contributed by atoms with E-state index in [1.54, 1.807) is 0 Å². The lowest BCUT2D eigenvalue weighted by Gasteiger charge is -2.17. The minimum absolute atomic E-state index is 0.107. The monoisotopic (exact) mass is 224 g/mol. The fourth-order valence-electron chi connectivity index (χ4n) is 2.20. The van der Waals surface area contributed by atoms with Gasteiger partial charge in [-0.3, -0.25) is 0 Å².